The summed E-state index contributed by atoms with van der Waals surface area (Å²) in [5, 5.41) is 21.9. The molecule has 0 bridgehead atoms. The van der Waals surface area contributed by atoms with Gasteiger partial charge in [-0.1, -0.05) is 0 Å². The highest BCUT2D eigenvalue weighted by Gasteiger charge is 2.34. The normalized spacial score (nSPS) is 15.2. The second-order valence-corrected chi connectivity index (χ2v) is 7.69. The maximum atomic E-state index is 14.4. The van der Waals surface area contributed by atoms with Gasteiger partial charge in [-0.3, -0.25) is 4.79 Å². The van der Waals surface area contributed by atoms with Crippen molar-refractivity contribution >= 4 is 18.5 Å². The van der Waals surface area contributed by atoms with E-state index in [2.05, 4.69) is 5.32 Å². The summed E-state index contributed by atoms with van der Waals surface area (Å²) in [6, 6.07) is 2.89. The number of fused-ring (bicyclic) bond motifs is 1. The standard InChI is InChI=1S/C19H24FNO5/c1-18(2,21-17(24)25)10-26-19(3,4)16(23)13-7-12-5-11(9-22)6-14(12)15(20)8-13/h5,7-9,16,21,23H,6,10H2,1-4H3,(H,24,25). The lowest BCUT2D eigenvalue weighted by atomic mass is 9.91. The number of nitrogens with one attached hydrogen (secondary N) is 1. The van der Waals surface area contributed by atoms with E-state index in [0.29, 0.717) is 28.5 Å². The van der Waals surface area contributed by atoms with Crippen LogP contribution in [0.3, 0.4) is 0 Å². The lowest BCUT2D eigenvalue weighted by Gasteiger charge is -2.35. The van der Waals surface area contributed by atoms with Crippen molar-refractivity contribution in [2.24, 2.45) is 0 Å². The minimum atomic E-state index is -1.17. The van der Waals surface area contributed by atoms with Crippen molar-refractivity contribution in [3.8, 4) is 0 Å². The van der Waals surface area contributed by atoms with Crippen LogP contribution >= 0.6 is 0 Å². The fourth-order valence-electron chi connectivity index (χ4n) is 2.86. The van der Waals surface area contributed by atoms with Crippen LogP contribution in [0.5, 0.6) is 0 Å². The Morgan fingerprint density at radius 1 is 1.38 bits per heavy atom. The molecule has 3 N–H and O–H groups in total. The molecule has 0 heterocycles. The monoisotopic (exact) mass is 365 g/mol. The molecule has 7 heteroatoms. The van der Waals surface area contributed by atoms with E-state index in [1.54, 1.807) is 39.8 Å². The van der Waals surface area contributed by atoms with Crippen LogP contribution in [0.15, 0.2) is 17.7 Å². The van der Waals surface area contributed by atoms with E-state index in [1.165, 1.54) is 6.07 Å². The van der Waals surface area contributed by atoms with E-state index >= 15 is 0 Å². The molecule has 1 aliphatic rings. The van der Waals surface area contributed by atoms with Gasteiger partial charge in [0.25, 0.3) is 0 Å². The lowest BCUT2D eigenvalue weighted by Crippen LogP contribution is -2.49. The molecule has 0 saturated heterocycles. The number of aliphatic hydroxyl groups excluding tert-OH is 1. The van der Waals surface area contributed by atoms with Crippen LogP contribution in [-0.2, 0) is 16.0 Å². The molecule has 2 rings (SSSR count). The predicted octanol–water partition coefficient (Wildman–Crippen LogP) is 2.84. The first-order valence-corrected chi connectivity index (χ1v) is 8.26. The quantitative estimate of drug-likeness (QED) is 0.646. The zero-order valence-corrected chi connectivity index (χ0v) is 15.3. The summed E-state index contributed by atoms with van der Waals surface area (Å²) in [4.78, 5) is 21.7. The van der Waals surface area contributed by atoms with Crippen LogP contribution in [0.4, 0.5) is 9.18 Å². The zero-order chi connectivity index (χ0) is 19.7. The fourth-order valence-corrected chi connectivity index (χ4v) is 2.86. The molecule has 1 amide bonds. The van der Waals surface area contributed by atoms with Gasteiger partial charge in [-0.25, -0.2) is 9.18 Å². The number of carbonyl (C=O) groups excluding carboxylic acids is 1. The lowest BCUT2D eigenvalue weighted by molar-refractivity contribution is -0.115. The number of carboxylic acid groups (broad SMARTS) is 1. The Balaban J connectivity index is 2.18. The molecule has 0 fully saturated rings. The Morgan fingerprint density at radius 2 is 2.04 bits per heavy atom. The van der Waals surface area contributed by atoms with Crippen molar-refractivity contribution in [3.05, 3.63) is 40.2 Å². The smallest absolute Gasteiger partial charge is 0.405 e. The van der Waals surface area contributed by atoms with Crippen molar-refractivity contribution in [2.75, 3.05) is 6.61 Å². The van der Waals surface area contributed by atoms with Gasteiger partial charge < -0.3 is 20.3 Å². The molecule has 1 aromatic rings. The van der Waals surface area contributed by atoms with E-state index < -0.39 is 29.2 Å². The van der Waals surface area contributed by atoms with Gasteiger partial charge in [0.05, 0.1) is 17.7 Å². The molecular weight excluding hydrogens is 341 g/mol. The molecule has 0 aromatic heterocycles. The molecule has 0 saturated carbocycles. The van der Waals surface area contributed by atoms with E-state index in [0.717, 1.165) is 0 Å². The Bertz CT molecular complexity index is 755. The van der Waals surface area contributed by atoms with Crippen LogP contribution in [0.2, 0.25) is 0 Å². The highest BCUT2D eigenvalue weighted by atomic mass is 19.1. The van der Waals surface area contributed by atoms with E-state index in [4.69, 9.17) is 9.84 Å². The summed E-state index contributed by atoms with van der Waals surface area (Å²) in [6.45, 7) is 6.62. The van der Waals surface area contributed by atoms with Crippen LogP contribution < -0.4 is 5.32 Å². The molecule has 26 heavy (non-hydrogen) atoms. The van der Waals surface area contributed by atoms with Crippen LogP contribution in [0.25, 0.3) is 6.08 Å². The van der Waals surface area contributed by atoms with Crippen molar-refractivity contribution < 1.29 is 28.9 Å². The van der Waals surface area contributed by atoms with E-state index in [9.17, 15) is 19.1 Å². The van der Waals surface area contributed by atoms with Crippen LogP contribution in [0, 0.1) is 5.82 Å². The molecule has 1 aromatic carbocycles. The van der Waals surface area contributed by atoms with Crippen LogP contribution in [0.1, 0.15) is 50.5 Å². The number of allylic oxidation sites excluding steroid dienone is 1. The summed E-state index contributed by atoms with van der Waals surface area (Å²) in [5.41, 5.74) is -0.110. The van der Waals surface area contributed by atoms with Gasteiger partial charge in [0, 0.05) is 6.42 Å². The molecule has 1 atom stereocenters. The molecular formula is C19H24FNO5. The van der Waals surface area contributed by atoms with Gasteiger partial charge in [0.15, 0.2) is 0 Å². The van der Waals surface area contributed by atoms with Crippen molar-refractivity contribution in [1.29, 1.82) is 0 Å². The predicted molar refractivity (Wildman–Crippen MR) is 94.4 cm³/mol. The molecule has 142 valence electrons. The van der Waals surface area contributed by atoms with E-state index in [1.807, 2.05) is 0 Å². The first-order chi connectivity index (χ1) is 11.9. The number of carbonyl (C=O) groups is 2. The van der Waals surface area contributed by atoms with Crippen molar-refractivity contribution in [2.45, 2.75) is 51.4 Å². The topological polar surface area (TPSA) is 95.9 Å². The summed E-state index contributed by atoms with van der Waals surface area (Å²) >= 11 is 0. The number of aldehydes is 1. The van der Waals surface area contributed by atoms with Gasteiger partial charge in [-0.05, 0) is 68.2 Å². The summed E-state index contributed by atoms with van der Waals surface area (Å²) in [6.07, 6.45) is 0.234. The molecule has 0 radical (unpaired) electrons. The SMILES string of the molecule is CC(C)(COC(C)(C)C(O)c1cc(F)c2c(c1)C=C(C=O)C2)NC(=O)O. The number of hydrogen-bond donors (Lipinski definition) is 3. The number of rotatable bonds is 7. The number of aliphatic hydroxyl groups is 1. The van der Waals surface area contributed by atoms with Crippen molar-refractivity contribution in [3.63, 3.8) is 0 Å². The molecule has 1 aliphatic carbocycles. The van der Waals surface area contributed by atoms with Gasteiger partial charge in [-0.15, -0.1) is 0 Å². The minimum absolute atomic E-state index is 0.0198. The number of ether oxygens (including phenoxy) is 1. The highest BCUT2D eigenvalue weighted by molar-refractivity contribution is 5.86. The molecule has 1 unspecified atom stereocenters. The second kappa shape index (κ2) is 7.17. The third-order valence-corrected chi connectivity index (χ3v) is 4.35. The summed E-state index contributed by atoms with van der Waals surface area (Å²) in [5.74, 6) is -0.478. The number of hydrogen-bond acceptors (Lipinski definition) is 4. The van der Waals surface area contributed by atoms with Crippen LogP contribution in [-0.4, -0.2) is 40.3 Å². The fraction of sp³-hybridized carbons (Fsp3) is 0.474. The average molecular weight is 365 g/mol. The van der Waals surface area contributed by atoms with Gasteiger partial charge in [-0.2, -0.15) is 0 Å². The third kappa shape index (κ3) is 4.47. The van der Waals surface area contributed by atoms with Gasteiger partial charge in [0.2, 0.25) is 0 Å². The summed E-state index contributed by atoms with van der Waals surface area (Å²) in [7, 11) is 0. The van der Waals surface area contributed by atoms with E-state index in [-0.39, 0.29) is 13.0 Å². The number of benzene rings is 1. The van der Waals surface area contributed by atoms with Crippen molar-refractivity contribution in [1.82, 2.24) is 5.32 Å². The Morgan fingerprint density at radius 3 is 2.62 bits per heavy atom. The minimum Gasteiger partial charge on any atom is -0.465 e. The maximum absolute atomic E-state index is 14.4. The van der Waals surface area contributed by atoms with Gasteiger partial charge in [0.1, 0.15) is 18.2 Å². The molecule has 6 nitrogen and oxygen atoms in total. The number of amides is 1. The third-order valence-electron chi connectivity index (χ3n) is 4.35. The average Bonchev–Trinajstić information content (AvgIpc) is 2.95. The Kier molecular flexibility index (Phi) is 5.53. The largest absolute Gasteiger partial charge is 0.465 e. The first-order valence-electron chi connectivity index (χ1n) is 8.26. The Hall–Kier alpha value is -2.25. The highest BCUT2D eigenvalue weighted by Crippen LogP contribution is 2.34. The van der Waals surface area contributed by atoms with Gasteiger partial charge >= 0.3 is 6.09 Å². The molecule has 0 aliphatic heterocycles. The zero-order valence-electron chi connectivity index (χ0n) is 15.3. The first kappa shape index (κ1) is 20.1. The number of halogens is 1. The maximum Gasteiger partial charge on any atom is 0.405 e. The Labute approximate surface area is 151 Å². The molecule has 0 spiro atoms. The summed E-state index contributed by atoms with van der Waals surface area (Å²) < 4.78 is 20.1. The second-order valence-electron chi connectivity index (χ2n) is 7.69.